The zero-order valence-electron chi connectivity index (χ0n) is 17.0. The van der Waals surface area contributed by atoms with Crippen LogP contribution in [0.2, 0.25) is 0 Å². The third kappa shape index (κ3) is 5.48. The van der Waals surface area contributed by atoms with Gasteiger partial charge in [0.25, 0.3) is 0 Å². The van der Waals surface area contributed by atoms with E-state index in [2.05, 4.69) is 0 Å². The number of esters is 1. The monoisotopic (exact) mass is 426 g/mol. The second-order valence-electron chi connectivity index (χ2n) is 7.08. The van der Waals surface area contributed by atoms with Crippen molar-refractivity contribution < 1.29 is 27.4 Å². The summed E-state index contributed by atoms with van der Waals surface area (Å²) in [5.74, 6) is -0.540. The first-order chi connectivity index (χ1) is 14.0. The summed E-state index contributed by atoms with van der Waals surface area (Å²) in [6.45, 7) is 6.27. The van der Waals surface area contributed by atoms with Crippen molar-refractivity contribution >= 4 is 21.7 Å². The summed E-state index contributed by atoms with van der Waals surface area (Å²) in [7, 11) is -3.64. The van der Waals surface area contributed by atoms with E-state index in [0.717, 1.165) is 19.3 Å². The van der Waals surface area contributed by atoms with Gasteiger partial charge < -0.3 is 19.1 Å². The number of ether oxygens (including phenoxy) is 3. The molecular formula is C20H30N2O6S. The summed E-state index contributed by atoms with van der Waals surface area (Å²) in [5.41, 5.74) is 0.939. The number of rotatable bonds is 8. The molecule has 0 spiro atoms. The molecule has 9 heteroatoms. The van der Waals surface area contributed by atoms with Crippen LogP contribution in [-0.4, -0.2) is 77.9 Å². The Morgan fingerprint density at radius 2 is 1.79 bits per heavy atom. The van der Waals surface area contributed by atoms with Crippen LogP contribution in [0.4, 0.5) is 5.69 Å². The molecule has 2 heterocycles. The van der Waals surface area contributed by atoms with Crippen LogP contribution >= 0.6 is 0 Å². The Kier molecular flexibility index (Phi) is 7.88. The number of hydrogen-bond donors (Lipinski definition) is 0. The minimum atomic E-state index is -3.64. The molecule has 0 unspecified atom stereocenters. The molecule has 0 aromatic heterocycles. The predicted molar refractivity (Wildman–Crippen MR) is 109 cm³/mol. The molecule has 1 aromatic carbocycles. The van der Waals surface area contributed by atoms with Gasteiger partial charge in [-0.2, -0.15) is 4.31 Å². The van der Waals surface area contributed by atoms with E-state index in [9.17, 15) is 13.2 Å². The molecule has 8 nitrogen and oxygen atoms in total. The van der Waals surface area contributed by atoms with Crippen LogP contribution in [0.25, 0.3) is 0 Å². The lowest BCUT2D eigenvalue weighted by Crippen LogP contribution is -2.38. The highest BCUT2D eigenvalue weighted by Gasteiger charge is 2.29. The van der Waals surface area contributed by atoms with Crippen molar-refractivity contribution in [3.8, 4) is 0 Å². The van der Waals surface area contributed by atoms with Crippen molar-refractivity contribution in [2.75, 3.05) is 64.1 Å². The number of nitrogens with zero attached hydrogens (tertiary/aromatic N) is 2. The van der Waals surface area contributed by atoms with Crippen LogP contribution in [-0.2, 0) is 24.2 Å². The lowest BCUT2D eigenvalue weighted by molar-refractivity contribution is 0.0335. The van der Waals surface area contributed by atoms with Gasteiger partial charge in [0.2, 0.25) is 10.0 Å². The molecule has 2 fully saturated rings. The average molecular weight is 427 g/mol. The smallest absolute Gasteiger partial charge is 0.340 e. The van der Waals surface area contributed by atoms with Gasteiger partial charge in [-0.05, 0) is 38.0 Å². The molecule has 0 N–H and O–H groups in total. The molecule has 1 aromatic rings. The van der Waals surface area contributed by atoms with E-state index in [0.29, 0.717) is 58.3 Å². The van der Waals surface area contributed by atoms with Crippen molar-refractivity contribution in [3.05, 3.63) is 23.8 Å². The van der Waals surface area contributed by atoms with Crippen LogP contribution in [0, 0.1) is 0 Å². The number of benzene rings is 1. The first-order valence-corrected chi connectivity index (χ1v) is 11.7. The molecule has 162 valence electrons. The predicted octanol–water partition coefficient (Wildman–Crippen LogP) is 1.89. The third-order valence-electron chi connectivity index (χ3n) is 5.16. The largest absolute Gasteiger partial charge is 0.460 e. The number of anilines is 1. The van der Waals surface area contributed by atoms with Crippen molar-refractivity contribution in [2.45, 2.75) is 31.1 Å². The molecule has 0 radical (unpaired) electrons. The minimum absolute atomic E-state index is 0.123. The van der Waals surface area contributed by atoms with Gasteiger partial charge in [-0.1, -0.05) is 6.42 Å². The second kappa shape index (κ2) is 10.4. The van der Waals surface area contributed by atoms with Gasteiger partial charge in [0.05, 0.1) is 36.0 Å². The highest BCUT2D eigenvalue weighted by molar-refractivity contribution is 7.89. The van der Waals surface area contributed by atoms with Gasteiger partial charge in [-0.3, -0.25) is 0 Å². The van der Waals surface area contributed by atoms with Crippen molar-refractivity contribution in [2.24, 2.45) is 0 Å². The molecule has 2 aliphatic heterocycles. The maximum Gasteiger partial charge on any atom is 0.340 e. The topological polar surface area (TPSA) is 85.4 Å². The fourth-order valence-electron chi connectivity index (χ4n) is 3.59. The summed E-state index contributed by atoms with van der Waals surface area (Å²) < 4.78 is 43.6. The number of morpholine rings is 1. The van der Waals surface area contributed by atoms with Gasteiger partial charge in [0.1, 0.15) is 6.61 Å². The maximum absolute atomic E-state index is 13.1. The Hall–Kier alpha value is -1.68. The molecule has 0 atom stereocenters. The van der Waals surface area contributed by atoms with E-state index in [1.165, 1.54) is 10.4 Å². The highest BCUT2D eigenvalue weighted by Crippen LogP contribution is 2.28. The first kappa shape index (κ1) is 22.0. The molecule has 29 heavy (non-hydrogen) atoms. The summed E-state index contributed by atoms with van der Waals surface area (Å²) in [6, 6.07) is 4.75. The van der Waals surface area contributed by atoms with Gasteiger partial charge in [-0.15, -0.1) is 0 Å². The molecular weight excluding hydrogens is 396 g/mol. The van der Waals surface area contributed by atoms with E-state index in [1.54, 1.807) is 12.1 Å². The van der Waals surface area contributed by atoms with E-state index in [-0.39, 0.29) is 17.1 Å². The Bertz CT molecular complexity index is 786. The lowest BCUT2D eigenvalue weighted by atomic mass is 10.1. The normalized spacial score (nSPS) is 18.6. The van der Waals surface area contributed by atoms with E-state index in [1.807, 2.05) is 11.8 Å². The van der Waals surface area contributed by atoms with E-state index < -0.39 is 16.0 Å². The van der Waals surface area contributed by atoms with Crippen molar-refractivity contribution in [3.63, 3.8) is 0 Å². The molecule has 0 bridgehead atoms. The quantitative estimate of drug-likeness (QED) is 0.463. The first-order valence-electron chi connectivity index (χ1n) is 10.3. The van der Waals surface area contributed by atoms with Crippen molar-refractivity contribution in [1.82, 2.24) is 4.31 Å². The van der Waals surface area contributed by atoms with Crippen LogP contribution < -0.4 is 4.90 Å². The number of sulfonamides is 1. The molecule has 2 aliphatic rings. The summed E-state index contributed by atoms with van der Waals surface area (Å²) in [5, 5.41) is 0. The van der Waals surface area contributed by atoms with E-state index in [4.69, 9.17) is 14.2 Å². The zero-order valence-corrected chi connectivity index (χ0v) is 17.8. The standard InChI is InChI=1S/C20H30N2O6S/c1-2-26-14-15-28-20(23)18-16-17(29(24,25)22-8-4-3-5-9-22)6-7-19(18)21-10-12-27-13-11-21/h6-7,16H,2-5,8-15H2,1H3. The number of carbonyl (C=O) groups excluding carboxylic acids is 1. The molecule has 0 saturated carbocycles. The molecule has 3 rings (SSSR count). The maximum atomic E-state index is 13.1. The summed E-state index contributed by atoms with van der Waals surface area (Å²) in [6.07, 6.45) is 2.76. The average Bonchev–Trinajstić information content (AvgIpc) is 2.77. The zero-order chi connectivity index (χ0) is 20.7. The fraction of sp³-hybridized carbons (Fsp3) is 0.650. The van der Waals surface area contributed by atoms with Gasteiger partial charge in [0.15, 0.2) is 0 Å². The molecule has 0 amide bonds. The number of carbonyl (C=O) groups is 1. The molecule has 2 saturated heterocycles. The third-order valence-corrected chi connectivity index (χ3v) is 7.05. The van der Waals surface area contributed by atoms with Gasteiger partial charge in [0, 0.05) is 32.8 Å². The minimum Gasteiger partial charge on any atom is -0.460 e. The van der Waals surface area contributed by atoms with Crippen molar-refractivity contribution in [1.29, 1.82) is 0 Å². The number of piperidine rings is 1. The van der Waals surface area contributed by atoms with Crippen LogP contribution in [0.3, 0.4) is 0 Å². The Morgan fingerprint density at radius 3 is 2.48 bits per heavy atom. The fourth-order valence-corrected chi connectivity index (χ4v) is 5.13. The SMILES string of the molecule is CCOCCOC(=O)c1cc(S(=O)(=O)N2CCCCC2)ccc1N1CCOCC1. The Morgan fingerprint density at radius 1 is 1.07 bits per heavy atom. The van der Waals surface area contributed by atoms with Gasteiger partial charge in [-0.25, -0.2) is 13.2 Å². The Labute approximate surface area is 172 Å². The lowest BCUT2D eigenvalue weighted by Gasteiger charge is -2.31. The van der Waals surface area contributed by atoms with E-state index >= 15 is 0 Å². The van der Waals surface area contributed by atoms with Crippen LogP contribution in [0.1, 0.15) is 36.5 Å². The second-order valence-corrected chi connectivity index (χ2v) is 9.01. The van der Waals surface area contributed by atoms with Gasteiger partial charge >= 0.3 is 5.97 Å². The van der Waals surface area contributed by atoms with Crippen LogP contribution in [0.5, 0.6) is 0 Å². The molecule has 0 aliphatic carbocycles. The number of hydrogen-bond acceptors (Lipinski definition) is 7. The highest BCUT2D eigenvalue weighted by atomic mass is 32.2. The Balaban J connectivity index is 1.88. The summed E-state index contributed by atoms with van der Waals surface area (Å²) >= 11 is 0. The van der Waals surface area contributed by atoms with Crippen LogP contribution in [0.15, 0.2) is 23.1 Å². The summed E-state index contributed by atoms with van der Waals surface area (Å²) in [4.78, 5) is 14.9.